The number of benzene rings is 7. The molecule has 0 radical (unpaired) electrons. The van der Waals surface area contributed by atoms with Crippen LogP contribution in [0, 0.1) is 0 Å². The number of rotatable bonds is 6. The molecule has 0 amide bonds. The molecule has 7 aromatic rings. The lowest BCUT2D eigenvalue weighted by molar-refractivity contribution is 0.332. The van der Waals surface area contributed by atoms with Crippen molar-refractivity contribution in [3.63, 3.8) is 0 Å². The summed E-state index contributed by atoms with van der Waals surface area (Å²) in [4.78, 5) is 49.9. The van der Waals surface area contributed by atoms with E-state index < -0.39 is 0 Å². The van der Waals surface area contributed by atoms with Crippen LogP contribution in [0.4, 0.5) is 11.4 Å². The number of hydrogen-bond acceptors (Lipinski definition) is 6. The van der Waals surface area contributed by atoms with Gasteiger partial charge in [0.05, 0.1) is 21.3 Å². The van der Waals surface area contributed by atoms with Gasteiger partial charge in [0.2, 0.25) is 0 Å². The average Bonchev–Trinajstić information content (AvgIpc) is 3.29. The number of fused-ring (bicyclic) bond motifs is 4. The van der Waals surface area contributed by atoms with Gasteiger partial charge in [0, 0.05) is 27.6 Å². The first-order valence-electron chi connectivity index (χ1n) is 22.1. The summed E-state index contributed by atoms with van der Waals surface area (Å²) in [5.41, 5.74) is 9.47. The molecule has 0 fully saturated rings. The van der Waals surface area contributed by atoms with Gasteiger partial charge in [0.15, 0.2) is 5.75 Å². The highest BCUT2D eigenvalue weighted by atomic mass is 16.5. The molecule has 2 aliphatic carbocycles. The SMILES string of the molecule is CC1(C)CCC(C)(C)c2cc(-c3cc4cc(=C=O)ccc4c(Nc4ccc(Oc5c(=C=O)c(-c6ccc7c(c6)C(C)(C)CCC7(C)C)cc6cc(=C=O)ccc56)cc4)c3=C=O)ccc21. The van der Waals surface area contributed by atoms with Gasteiger partial charge in [0.1, 0.15) is 34.7 Å². The van der Waals surface area contributed by atoms with Crippen LogP contribution < -0.4 is 30.9 Å². The van der Waals surface area contributed by atoms with E-state index in [1.165, 1.54) is 22.3 Å². The topological polar surface area (TPSA) is 89.5 Å². The Bertz CT molecular complexity index is 3230. The Hall–Kier alpha value is -7.02. The van der Waals surface area contributed by atoms with Crippen LogP contribution in [0.15, 0.2) is 109 Å². The molecule has 0 saturated carbocycles. The molecule has 6 nitrogen and oxygen atoms in total. The van der Waals surface area contributed by atoms with Crippen molar-refractivity contribution in [3.05, 3.63) is 152 Å². The maximum absolute atomic E-state index is 13.1. The van der Waals surface area contributed by atoms with Crippen LogP contribution in [-0.4, -0.2) is 23.8 Å². The molecule has 0 aliphatic heterocycles. The van der Waals surface area contributed by atoms with Gasteiger partial charge in [-0.1, -0.05) is 97.9 Å². The molecule has 0 unspecified atom stereocenters. The van der Waals surface area contributed by atoms with Crippen molar-refractivity contribution in [2.75, 3.05) is 5.32 Å². The maximum Gasteiger partial charge on any atom is 0.154 e. The van der Waals surface area contributed by atoms with Crippen molar-refractivity contribution < 1.29 is 23.9 Å². The van der Waals surface area contributed by atoms with E-state index in [0.717, 1.165) is 53.0 Å². The van der Waals surface area contributed by atoms with E-state index in [2.05, 4.69) is 109 Å². The largest absolute Gasteiger partial charge is 0.455 e. The van der Waals surface area contributed by atoms with Crippen LogP contribution in [-0.2, 0) is 40.8 Å². The van der Waals surface area contributed by atoms with E-state index >= 15 is 0 Å². The maximum atomic E-state index is 13.1. The van der Waals surface area contributed by atoms with Crippen LogP contribution in [0.2, 0.25) is 0 Å². The number of anilines is 2. The molecule has 64 heavy (non-hydrogen) atoms. The summed E-state index contributed by atoms with van der Waals surface area (Å²) in [5, 5.41) is 7.87. The molecule has 7 aromatic carbocycles. The van der Waals surface area contributed by atoms with E-state index in [1.807, 2.05) is 42.2 Å². The third kappa shape index (κ3) is 7.22. The third-order valence-corrected chi connectivity index (χ3v) is 14.3. The van der Waals surface area contributed by atoms with Crippen molar-refractivity contribution >= 4 is 56.7 Å². The van der Waals surface area contributed by atoms with Crippen molar-refractivity contribution in [1.82, 2.24) is 0 Å². The van der Waals surface area contributed by atoms with Crippen molar-refractivity contribution in [3.8, 4) is 33.8 Å². The summed E-state index contributed by atoms with van der Waals surface area (Å²) in [6.45, 7) is 18.2. The average molecular weight is 842 g/mol. The van der Waals surface area contributed by atoms with Crippen LogP contribution >= 0.6 is 0 Å². The number of carbonyl (C=O) groups excluding carboxylic acids is 4. The van der Waals surface area contributed by atoms with Gasteiger partial charge in [-0.25, -0.2) is 19.2 Å². The fraction of sp³-hybridized carbons (Fsp3) is 0.276. The Morgan fingerprint density at radius 2 is 0.906 bits per heavy atom. The Balaban J connectivity index is 1.13. The van der Waals surface area contributed by atoms with Crippen LogP contribution in [0.25, 0.3) is 43.8 Å². The van der Waals surface area contributed by atoms with Gasteiger partial charge < -0.3 is 10.1 Å². The molecule has 0 aromatic heterocycles. The van der Waals surface area contributed by atoms with Gasteiger partial charge in [0.25, 0.3) is 0 Å². The first-order valence-corrected chi connectivity index (χ1v) is 22.1. The quantitative estimate of drug-likeness (QED) is 0.180. The van der Waals surface area contributed by atoms with E-state index in [0.29, 0.717) is 55.0 Å². The molecule has 1 N–H and O–H groups in total. The van der Waals surface area contributed by atoms with Crippen molar-refractivity contribution in [2.45, 2.75) is 103 Å². The Morgan fingerprint density at radius 3 is 1.39 bits per heavy atom. The molecular weight excluding hydrogens is 791 g/mol. The molecule has 6 heteroatoms. The van der Waals surface area contributed by atoms with Crippen molar-refractivity contribution in [1.29, 1.82) is 0 Å². The molecule has 0 bridgehead atoms. The molecule has 2 aliphatic rings. The van der Waals surface area contributed by atoms with Gasteiger partial charge in [-0.15, -0.1) is 0 Å². The van der Waals surface area contributed by atoms with E-state index in [9.17, 15) is 19.2 Å². The first kappa shape index (κ1) is 42.3. The van der Waals surface area contributed by atoms with Gasteiger partial charge >= 0.3 is 0 Å². The highest BCUT2D eigenvalue weighted by Crippen LogP contribution is 2.48. The van der Waals surface area contributed by atoms with Crippen LogP contribution in [0.3, 0.4) is 0 Å². The fourth-order valence-electron chi connectivity index (χ4n) is 10.2. The van der Waals surface area contributed by atoms with Crippen LogP contribution in [0.5, 0.6) is 11.5 Å². The summed E-state index contributed by atoms with van der Waals surface area (Å²) in [6, 6.07) is 34.7. The third-order valence-electron chi connectivity index (χ3n) is 14.3. The lowest BCUT2D eigenvalue weighted by Crippen LogP contribution is -2.33. The minimum Gasteiger partial charge on any atom is -0.455 e. The standard InChI is InChI=1S/C58H51NO5/c1-55(2)21-23-57(5,6)51-29-37(11-19-49(51)55)45-27-39-25-35(31-60)9-17-43(39)53(47(45)33-62)59-41-13-15-42(16-14-41)64-54-44-18-10-36(32-61)26-40(44)28-46(48(54)34-63)38-12-20-50-52(30-38)58(7,8)24-22-56(50,3)4/h9-20,25-30,59H,21-24H2,1-8H3. The monoisotopic (exact) mass is 841 g/mol. The summed E-state index contributed by atoms with van der Waals surface area (Å²) >= 11 is 0. The molecule has 9 rings (SSSR count). The van der Waals surface area contributed by atoms with Gasteiger partial charge in [-0.05, 0) is 158 Å². The van der Waals surface area contributed by atoms with E-state index in [-0.39, 0.29) is 26.9 Å². The van der Waals surface area contributed by atoms with Gasteiger partial charge in [-0.2, -0.15) is 0 Å². The number of ether oxygens (including phenoxy) is 1. The smallest absolute Gasteiger partial charge is 0.154 e. The van der Waals surface area contributed by atoms with Gasteiger partial charge in [-0.3, -0.25) is 0 Å². The summed E-state index contributed by atoms with van der Waals surface area (Å²) in [7, 11) is 0. The van der Waals surface area contributed by atoms with E-state index in [1.54, 1.807) is 42.5 Å². The lowest BCUT2D eigenvalue weighted by Gasteiger charge is -2.42. The molecular formula is C58H51NO5. The van der Waals surface area contributed by atoms with E-state index in [4.69, 9.17) is 4.74 Å². The zero-order chi connectivity index (χ0) is 45.3. The fourth-order valence-corrected chi connectivity index (χ4v) is 10.2. The zero-order valence-electron chi connectivity index (χ0n) is 37.8. The minimum absolute atomic E-state index is 0.0223. The normalized spacial score (nSPS) is 16.4. The second kappa shape index (κ2) is 15.4. The molecule has 0 saturated heterocycles. The summed E-state index contributed by atoms with van der Waals surface area (Å²) in [5.74, 6) is 9.30. The highest BCUT2D eigenvalue weighted by Gasteiger charge is 2.38. The second-order valence-corrected chi connectivity index (χ2v) is 20.4. The van der Waals surface area contributed by atoms with Crippen molar-refractivity contribution in [2.24, 2.45) is 0 Å². The Kier molecular flexibility index (Phi) is 10.1. The summed E-state index contributed by atoms with van der Waals surface area (Å²) < 4.78 is 6.65. The van der Waals surface area contributed by atoms with Crippen LogP contribution in [0.1, 0.15) is 103 Å². The highest BCUT2D eigenvalue weighted by molar-refractivity contribution is 6.01. The zero-order valence-corrected chi connectivity index (χ0v) is 37.8. The summed E-state index contributed by atoms with van der Waals surface area (Å²) in [6.07, 6.45) is 4.26. The predicted octanol–water partition coefficient (Wildman–Crippen LogP) is 9.57. The molecule has 0 atom stereocenters. The number of nitrogens with one attached hydrogen (secondary N) is 1. The lowest BCUT2D eigenvalue weighted by atomic mass is 9.63. The Morgan fingerprint density at radius 1 is 0.453 bits per heavy atom. The first-order chi connectivity index (χ1) is 30.5. The minimum atomic E-state index is -0.0532. The predicted molar refractivity (Wildman–Crippen MR) is 257 cm³/mol. The molecule has 0 spiro atoms. The second-order valence-electron chi connectivity index (χ2n) is 20.4. The molecule has 0 heterocycles. The molecule has 318 valence electrons. The Labute approximate surface area is 373 Å². The number of hydrogen-bond donors (Lipinski definition) is 1.